The van der Waals surface area contributed by atoms with Crippen molar-refractivity contribution in [3.05, 3.63) is 48.1 Å². The van der Waals surface area contributed by atoms with Crippen molar-refractivity contribution in [3.63, 3.8) is 0 Å². The molecule has 1 unspecified atom stereocenters. The molecule has 11 heteroatoms. The number of hydrogen-bond acceptors (Lipinski definition) is 6. The molecule has 1 atom stereocenters. The lowest BCUT2D eigenvalue weighted by Crippen LogP contribution is -2.53. The SMILES string of the molecule is CCNC(CN(CC)C(=O)C1=C/C=C\C=C/C=C\1)C(=O)N(CCCC(=O)O)CCCS(=O)(=O)O. The molecule has 1 rings (SSSR count). The normalized spacial score (nSPS) is 18.5. The average Bonchev–Trinajstić information content (AvgIpc) is 2.73. The molecule has 3 N–H and O–H groups in total. The van der Waals surface area contributed by atoms with Gasteiger partial charge in [-0.25, -0.2) is 0 Å². The molecule has 0 saturated carbocycles. The van der Waals surface area contributed by atoms with Crippen LogP contribution < -0.4 is 5.32 Å². The Hall–Kier alpha value is -2.76. The molecule has 0 aromatic rings. The lowest BCUT2D eigenvalue weighted by atomic mass is 10.1. The summed E-state index contributed by atoms with van der Waals surface area (Å²) in [4.78, 5) is 40.3. The van der Waals surface area contributed by atoms with Gasteiger partial charge in [0.1, 0.15) is 6.04 Å². The fourth-order valence-corrected chi connectivity index (χ4v) is 3.85. The summed E-state index contributed by atoms with van der Waals surface area (Å²) in [5.41, 5.74) is 0.469. The Bertz CT molecular complexity index is 923. The highest BCUT2D eigenvalue weighted by molar-refractivity contribution is 7.85. The predicted octanol–water partition coefficient (Wildman–Crippen LogP) is 1.39. The van der Waals surface area contributed by atoms with E-state index in [0.717, 1.165) is 0 Å². The Morgan fingerprint density at radius 1 is 1.00 bits per heavy atom. The Kier molecular flexibility index (Phi) is 13.1. The molecule has 10 nitrogen and oxygen atoms in total. The first-order valence-corrected chi connectivity index (χ1v) is 12.9. The van der Waals surface area contributed by atoms with Crippen LogP contribution in [0, 0.1) is 0 Å². The zero-order valence-electron chi connectivity index (χ0n) is 19.7. The summed E-state index contributed by atoms with van der Waals surface area (Å²) < 4.78 is 31.2. The number of rotatable bonds is 15. The van der Waals surface area contributed by atoms with E-state index in [0.29, 0.717) is 18.7 Å². The maximum atomic E-state index is 13.3. The van der Waals surface area contributed by atoms with Gasteiger partial charge in [-0.05, 0) is 38.5 Å². The first-order valence-electron chi connectivity index (χ1n) is 11.3. The summed E-state index contributed by atoms with van der Waals surface area (Å²) in [7, 11) is -4.19. The number of carboxylic acid groups (broad SMARTS) is 1. The Labute approximate surface area is 201 Å². The fourth-order valence-electron chi connectivity index (χ4n) is 3.36. The molecule has 0 radical (unpaired) electrons. The minimum atomic E-state index is -4.19. The first-order chi connectivity index (χ1) is 16.1. The monoisotopic (exact) mass is 497 g/mol. The van der Waals surface area contributed by atoms with Gasteiger partial charge >= 0.3 is 5.97 Å². The zero-order valence-corrected chi connectivity index (χ0v) is 20.5. The molecule has 0 heterocycles. The maximum absolute atomic E-state index is 13.3. The Balaban J connectivity index is 3.01. The van der Waals surface area contributed by atoms with E-state index in [4.69, 9.17) is 9.66 Å². The van der Waals surface area contributed by atoms with Crippen LogP contribution in [-0.4, -0.2) is 90.2 Å². The van der Waals surface area contributed by atoms with Gasteiger partial charge in [0.2, 0.25) is 5.91 Å². The van der Waals surface area contributed by atoms with E-state index in [9.17, 15) is 22.8 Å². The number of amides is 2. The molecule has 0 aromatic heterocycles. The lowest BCUT2D eigenvalue weighted by Gasteiger charge is -2.31. The van der Waals surface area contributed by atoms with Gasteiger partial charge in [0, 0.05) is 38.2 Å². The predicted molar refractivity (Wildman–Crippen MR) is 130 cm³/mol. The van der Waals surface area contributed by atoms with Gasteiger partial charge in [-0.15, -0.1) is 0 Å². The molecule has 0 spiro atoms. The molecule has 190 valence electrons. The maximum Gasteiger partial charge on any atom is 0.303 e. The van der Waals surface area contributed by atoms with E-state index < -0.39 is 27.9 Å². The van der Waals surface area contributed by atoms with Gasteiger partial charge < -0.3 is 20.2 Å². The third-order valence-electron chi connectivity index (χ3n) is 5.02. The molecule has 34 heavy (non-hydrogen) atoms. The topological polar surface area (TPSA) is 144 Å². The van der Waals surface area contributed by atoms with Gasteiger partial charge in [-0.2, -0.15) is 8.42 Å². The van der Waals surface area contributed by atoms with Gasteiger partial charge in [-0.1, -0.05) is 37.3 Å². The van der Waals surface area contributed by atoms with Gasteiger partial charge in [0.05, 0.1) is 5.75 Å². The van der Waals surface area contributed by atoms with Gasteiger partial charge in [0.15, 0.2) is 0 Å². The van der Waals surface area contributed by atoms with Crippen molar-refractivity contribution in [2.24, 2.45) is 0 Å². The van der Waals surface area contributed by atoms with E-state index in [2.05, 4.69) is 5.32 Å². The van der Waals surface area contributed by atoms with Crippen LogP contribution in [-0.2, 0) is 24.5 Å². The molecular weight excluding hydrogens is 462 g/mol. The minimum Gasteiger partial charge on any atom is -0.481 e. The van der Waals surface area contributed by atoms with Crippen molar-refractivity contribution in [1.29, 1.82) is 0 Å². The van der Waals surface area contributed by atoms with E-state index in [-0.39, 0.29) is 50.7 Å². The van der Waals surface area contributed by atoms with Crippen LogP contribution in [0.15, 0.2) is 48.1 Å². The molecule has 1 aliphatic rings. The van der Waals surface area contributed by atoms with Crippen molar-refractivity contribution >= 4 is 27.9 Å². The van der Waals surface area contributed by atoms with E-state index in [1.807, 2.05) is 19.9 Å². The summed E-state index contributed by atoms with van der Waals surface area (Å²) in [6, 6.07) is -0.766. The molecule has 0 bridgehead atoms. The number of carbonyl (C=O) groups is 3. The third kappa shape index (κ3) is 11.4. The van der Waals surface area contributed by atoms with Gasteiger partial charge in [-0.3, -0.25) is 18.9 Å². The summed E-state index contributed by atoms with van der Waals surface area (Å²) in [6.45, 7) is 4.68. The number of hydrogen-bond donors (Lipinski definition) is 3. The van der Waals surface area contributed by atoms with Crippen LogP contribution in [0.25, 0.3) is 0 Å². The molecule has 0 fully saturated rings. The largest absolute Gasteiger partial charge is 0.481 e. The fraction of sp³-hybridized carbons (Fsp3) is 0.522. The number of nitrogens with zero attached hydrogens (tertiary/aromatic N) is 2. The average molecular weight is 498 g/mol. The molecular formula is C23H35N3O7S. The highest BCUT2D eigenvalue weighted by atomic mass is 32.2. The second-order valence-corrected chi connectivity index (χ2v) is 9.24. The number of nitrogens with one attached hydrogen (secondary N) is 1. The standard InChI is InChI=1S/C23H35N3O7S/c1-3-24-20(18-25(4-2)22(29)19-12-8-6-5-7-9-13-19)23(30)26(15-10-14-21(27)28)16-11-17-34(31,32)33/h5-9,12-13,20,24H,3-4,10-11,14-18H2,1-2H3,(H,27,28)(H,31,32,33)/b6-5-,7-5?,8-6?,9-7-,12-8-,13-9?,19-12?,19-13+. The second kappa shape index (κ2) is 15.2. The summed E-state index contributed by atoms with van der Waals surface area (Å²) in [5.74, 6) is -2.11. The van der Waals surface area contributed by atoms with E-state index >= 15 is 0 Å². The van der Waals surface area contributed by atoms with Crippen LogP contribution in [0.3, 0.4) is 0 Å². The van der Waals surface area contributed by atoms with Crippen molar-refractivity contribution in [2.45, 2.75) is 39.2 Å². The summed E-state index contributed by atoms with van der Waals surface area (Å²) in [5, 5.41) is 12.0. The lowest BCUT2D eigenvalue weighted by molar-refractivity contribution is -0.139. The number of aliphatic carboxylic acids is 1. The molecule has 0 aromatic carbocycles. The molecule has 1 aliphatic carbocycles. The number of likely N-dealkylation sites (N-methyl/N-ethyl adjacent to an activating group) is 2. The number of carbonyl (C=O) groups excluding carboxylic acids is 2. The molecule has 2 amide bonds. The van der Waals surface area contributed by atoms with E-state index in [1.54, 1.807) is 41.4 Å². The van der Waals surface area contributed by atoms with E-state index in [1.165, 1.54) is 4.90 Å². The zero-order chi connectivity index (χ0) is 25.6. The van der Waals surface area contributed by atoms with Crippen LogP contribution in [0.1, 0.15) is 33.1 Å². The van der Waals surface area contributed by atoms with Crippen molar-refractivity contribution in [3.8, 4) is 0 Å². The number of allylic oxidation sites excluding steroid dienone is 6. The van der Waals surface area contributed by atoms with Crippen LogP contribution in [0.5, 0.6) is 0 Å². The Morgan fingerprint density at radius 3 is 2.26 bits per heavy atom. The first kappa shape index (κ1) is 29.3. The van der Waals surface area contributed by atoms with Crippen LogP contribution in [0.2, 0.25) is 0 Å². The highest BCUT2D eigenvalue weighted by Gasteiger charge is 2.28. The molecule has 0 saturated heterocycles. The molecule has 0 aliphatic heterocycles. The van der Waals surface area contributed by atoms with Crippen molar-refractivity contribution in [2.75, 3.05) is 38.5 Å². The van der Waals surface area contributed by atoms with Crippen LogP contribution in [0.4, 0.5) is 0 Å². The van der Waals surface area contributed by atoms with Crippen molar-refractivity contribution in [1.82, 2.24) is 15.1 Å². The summed E-state index contributed by atoms with van der Waals surface area (Å²) in [6.07, 6.45) is 12.4. The second-order valence-electron chi connectivity index (χ2n) is 7.67. The third-order valence-corrected chi connectivity index (χ3v) is 5.83. The summed E-state index contributed by atoms with van der Waals surface area (Å²) >= 11 is 0. The van der Waals surface area contributed by atoms with Gasteiger partial charge in [0.25, 0.3) is 16.0 Å². The number of carboxylic acids is 1. The van der Waals surface area contributed by atoms with Crippen LogP contribution >= 0.6 is 0 Å². The highest BCUT2D eigenvalue weighted by Crippen LogP contribution is 2.10. The Morgan fingerprint density at radius 2 is 1.65 bits per heavy atom. The van der Waals surface area contributed by atoms with Crippen molar-refractivity contribution < 1.29 is 32.5 Å². The minimum absolute atomic E-state index is 0.00441. The smallest absolute Gasteiger partial charge is 0.303 e. The quantitative estimate of drug-likeness (QED) is 0.288.